The second-order valence-electron chi connectivity index (χ2n) is 5.58. The van der Waals surface area contributed by atoms with Gasteiger partial charge in [0.25, 0.3) is 0 Å². The topological polar surface area (TPSA) is 17.1 Å². The summed E-state index contributed by atoms with van der Waals surface area (Å²) in [4.78, 5) is 12.0. The van der Waals surface area contributed by atoms with Gasteiger partial charge in [0, 0.05) is 6.42 Å². The molecule has 2 saturated carbocycles. The van der Waals surface area contributed by atoms with Crippen molar-refractivity contribution in [3.63, 3.8) is 0 Å². The fourth-order valence-corrected chi connectivity index (χ4v) is 3.88. The molecule has 2 unspecified atom stereocenters. The van der Waals surface area contributed by atoms with E-state index in [1.165, 1.54) is 32.1 Å². The Balaban J connectivity index is 1.79. The summed E-state index contributed by atoms with van der Waals surface area (Å²) in [5.74, 6) is 2.51. The van der Waals surface area contributed by atoms with Crippen LogP contribution in [0.15, 0.2) is 23.8 Å². The van der Waals surface area contributed by atoms with Crippen LogP contribution in [0.25, 0.3) is 0 Å². The smallest absolute Gasteiger partial charge is 0.159 e. The first-order valence-corrected chi connectivity index (χ1v) is 6.76. The molecule has 16 heavy (non-hydrogen) atoms. The lowest BCUT2D eigenvalue weighted by molar-refractivity contribution is -0.115. The Labute approximate surface area is 97.6 Å². The van der Waals surface area contributed by atoms with Gasteiger partial charge in [-0.1, -0.05) is 50.3 Å². The molecule has 3 aliphatic carbocycles. The van der Waals surface area contributed by atoms with Gasteiger partial charge in [0.05, 0.1) is 0 Å². The van der Waals surface area contributed by atoms with E-state index in [2.05, 4.69) is 18.2 Å². The summed E-state index contributed by atoms with van der Waals surface area (Å²) >= 11 is 0. The Kier molecular flexibility index (Phi) is 2.70. The van der Waals surface area contributed by atoms with E-state index in [1.54, 1.807) is 0 Å². The molecule has 0 heterocycles. The van der Waals surface area contributed by atoms with Crippen LogP contribution in [-0.4, -0.2) is 5.78 Å². The number of hydrogen-bond acceptors (Lipinski definition) is 1. The average molecular weight is 216 g/mol. The molecule has 1 nitrogen and oxygen atoms in total. The van der Waals surface area contributed by atoms with E-state index in [0.29, 0.717) is 17.6 Å². The quantitative estimate of drug-likeness (QED) is 0.653. The summed E-state index contributed by atoms with van der Waals surface area (Å²) in [6, 6.07) is 0. The summed E-state index contributed by atoms with van der Waals surface area (Å²) in [5, 5.41) is 0. The molecule has 2 fully saturated rings. The Bertz CT molecular complexity index is 344. The Morgan fingerprint density at radius 2 is 1.94 bits per heavy atom. The fraction of sp³-hybridized carbons (Fsp3) is 0.667. The highest BCUT2D eigenvalue weighted by molar-refractivity contribution is 5.99. The summed E-state index contributed by atoms with van der Waals surface area (Å²) in [6.45, 7) is 0. The van der Waals surface area contributed by atoms with Crippen molar-refractivity contribution in [1.29, 1.82) is 0 Å². The second kappa shape index (κ2) is 4.20. The van der Waals surface area contributed by atoms with Crippen LogP contribution in [0, 0.1) is 17.8 Å². The molecule has 0 amide bonds. The molecule has 0 aromatic carbocycles. The maximum atomic E-state index is 12.0. The maximum Gasteiger partial charge on any atom is 0.159 e. The normalized spacial score (nSPS) is 35.0. The zero-order valence-electron chi connectivity index (χ0n) is 9.82. The number of Topliss-reactive ketones (excluding diaryl/α,β-unsaturated/α-hetero) is 1. The number of hydrogen-bond donors (Lipinski definition) is 0. The SMILES string of the molecule is O=C1CC(C2CCCCC2)C2CC=CC=C12. The van der Waals surface area contributed by atoms with Crippen LogP contribution in [0.4, 0.5) is 0 Å². The van der Waals surface area contributed by atoms with Crippen molar-refractivity contribution in [3.05, 3.63) is 23.8 Å². The highest BCUT2D eigenvalue weighted by atomic mass is 16.1. The molecule has 0 aliphatic heterocycles. The van der Waals surface area contributed by atoms with Crippen molar-refractivity contribution in [1.82, 2.24) is 0 Å². The molecular formula is C15H20O. The number of allylic oxidation sites excluding steroid dienone is 4. The van der Waals surface area contributed by atoms with Gasteiger partial charge in [-0.25, -0.2) is 0 Å². The molecule has 0 aromatic rings. The zero-order valence-corrected chi connectivity index (χ0v) is 9.82. The van der Waals surface area contributed by atoms with Crippen molar-refractivity contribution in [2.45, 2.75) is 44.9 Å². The van der Waals surface area contributed by atoms with Gasteiger partial charge in [-0.3, -0.25) is 4.79 Å². The Morgan fingerprint density at radius 1 is 1.12 bits per heavy atom. The van der Waals surface area contributed by atoms with E-state index < -0.39 is 0 Å². The second-order valence-corrected chi connectivity index (χ2v) is 5.58. The van der Waals surface area contributed by atoms with Crippen LogP contribution in [-0.2, 0) is 4.79 Å². The van der Waals surface area contributed by atoms with Crippen LogP contribution >= 0.6 is 0 Å². The predicted molar refractivity (Wildman–Crippen MR) is 65.0 cm³/mol. The summed E-state index contributed by atoms with van der Waals surface area (Å²) in [5.41, 5.74) is 1.14. The Morgan fingerprint density at radius 3 is 2.75 bits per heavy atom. The minimum atomic E-state index is 0.435. The third-order valence-electron chi connectivity index (χ3n) is 4.72. The molecule has 0 spiro atoms. The zero-order chi connectivity index (χ0) is 11.0. The van der Waals surface area contributed by atoms with Crippen LogP contribution in [0.2, 0.25) is 0 Å². The van der Waals surface area contributed by atoms with Gasteiger partial charge in [-0.05, 0) is 29.7 Å². The number of carbonyl (C=O) groups excluding carboxylic acids is 1. The number of fused-ring (bicyclic) bond motifs is 1. The van der Waals surface area contributed by atoms with Gasteiger partial charge in [-0.2, -0.15) is 0 Å². The first-order chi connectivity index (χ1) is 7.86. The predicted octanol–water partition coefficient (Wildman–Crippen LogP) is 3.66. The van der Waals surface area contributed by atoms with E-state index in [0.717, 1.165) is 24.3 Å². The van der Waals surface area contributed by atoms with Crippen LogP contribution in [0.1, 0.15) is 44.9 Å². The molecule has 0 radical (unpaired) electrons. The van der Waals surface area contributed by atoms with Crippen LogP contribution in [0.3, 0.4) is 0 Å². The van der Waals surface area contributed by atoms with E-state index >= 15 is 0 Å². The van der Waals surface area contributed by atoms with Crippen LogP contribution < -0.4 is 0 Å². The van der Waals surface area contributed by atoms with Crippen LogP contribution in [0.5, 0.6) is 0 Å². The summed E-state index contributed by atoms with van der Waals surface area (Å²) in [6.07, 6.45) is 15.2. The van der Waals surface area contributed by atoms with Gasteiger partial charge in [-0.15, -0.1) is 0 Å². The van der Waals surface area contributed by atoms with Gasteiger partial charge in [0.15, 0.2) is 5.78 Å². The Hall–Kier alpha value is -0.850. The third-order valence-corrected chi connectivity index (χ3v) is 4.72. The third kappa shape index (κ3) is 1.66. The van der Waals surface area contributed by atoms with E-state index in [9.17, 15) is 4.79 Å². The monoisotopic (exact) mass is 216 g/mol. The number of carbonyl (C=O) groups is 1. The summed E-state index contributed by atoms with van der Waals surface area (Å²) in [7, 11) is 0. The highest BCUT2D eigenvalue weighted by Gasteiger charge is 2.41. The summed E-state index contributed by atoms with van der Waals surface area (Å²) < 4.78 is 0. The first kappa shape index (κ1) is 10.3. The molecule has 0 aromatic heterocycles. The molecule has 3 aliphatic rings. The lowest BCUT2D eigenvalue weighted by Gasteiger charge is -2.31. The average Bonchev–Trinajstić information content (AvgIpc) is 2.69. The van der Waals surface area contributed by atoms with Crippen molar-refractivity contribution in [2.75, 3.05) is 0 Å². The van der Waals surface area contributed by atoms with Crippen molar-refractivity contribution in [3.8, 4) is 0 Å². The molecule has 2 atom stereocenters. The lowest BCUT2D eigenvalue weighted by atomic mass is 9.73. The maximum absolute atomic E-state index is 12.0. The van der Waals surface area contributed by atoms with Gasteiger partial charge >= 0.3 is 0 Å². The first-order valence-electron chi connectivity index (χ1n) is 6.76. The molecule has 1 heteroatoms. The van der Waals surface area contributed by atoms with E-state index in [1.807, 2.05) is 0 Å². The minimum Gasteiger partial charge on any atom is -0.295 e. The lowest BCUT2D eigenvalue weighted by Crippen LogP contribution is -2.22. The van der Waals surface area contributed by atoms with E-state index in [4.69, 9.17) is 0 Å². The molecule has 0 N–H and O–H groups in total. The van der Waals surface area contributed by atoms with Gasteiger partial charge < -0.3 is 0 Å². The largest absolute Gasteiger partial charge is 0.295 e. The fourth-order valence-electron chi connectivity index (χ4n) is 3.88. The van der Waals surface area contributed by atoms with Crippen molar-refractivity contribution >= 4 is 5.78 Å². The van der Waals surface area contributed by atoms with Gasteiger partial charge in [0.2, 0.25) is 0 Å². The molecule has 0 bridgehead atoms. The molecular weight excluding hydrogens is 196 g/mol. The molecule has 3 rings (SSSR count). The standard InChI is InChI=1S/C15H20O/c16-15-10-14(11-6-2-1-3-7-11)12-8-4-5-9-13(12)15/h4-5,9,11-12,14H,1-3,6-8,10H2. The molecule has 0 saturated heterocycles. The van der Waals surface area contributed by atoms with Crippen molar-refractivity contribution in [2.24, 2.45) is 17.8 Å². The number of rotatable bonds is 1. The molecule has 86 valence electrons. The van der Waals surface area contributed by atoms with E-state index in [-0.39, 0.29) is 0 Å². The minimum absolute atomic E-state index is 0.435. The van der Waals surface area contributed by atoms with Gasteiger partial charge in [0.1, 0.15) is 0 Å². The highest BCUT2D eigenvalue weighted by Crippen LogP contribution is 2.46. The van der Waals surface area contributed by atoms with Crippen molar-refractivity contribution < 1.29 is 4.79 Å². The number of ketones is 1.